The maximum absolute atomic E-state index is 15.7. The maximum Gasteiger partial charge on any atom is 0.221 e. The van der Waals surface area contributed by atoms with Gasteiger partial charge in [-0.1, -0.05) is 35.9 Å². The summed E-state index contributed by atoms with van der Waals surface area (Å²) >= 11 is 6.31. The van der Waals surface area contributed by atoms with Crippen LogP contribution in [-0.4, -0.2) is 38.3 Å². The molecule has 3 rings (SSSR count). The predicted molar refractivity (Wildman–Crippen MR) is 128 cm³/mol. The van der Waals surface area contributed by atoms with Crippen molar-refractivity contribution in [2.75, 3.05) is 26.3 Å². The van der Waals surface area contributed by atoms with Crippen LogP contribution in [0.1, 0.15) is 44.2 Å². The number of para-hydroxylation sites is 1. The zero-order valence-corrected chi connectivity index (χ0v) is 19.7. The molecular weight excluding hydrogens is 445 g/mol. The van der Waals surface area contributed by atoms with Gasteiger partial charge in [-0.3, -0.25) is 4.79 Å². The largest absolute Gasteiger partial charge is 0.453 e. The fraction of sp³-hybridized carbons (Fsp3) is 0.480. The van der Waals surface area contributed by atoms with Crippen molar-refractivity contribution in [1.82, 2.24) is 10.6 Å². The summed E-state index contributed by atoms with van der Waals surface area (Å²) in [6.45, 7) is 4.16. The molecule has 0 aliphatic carbocycles. The molecule has 180 valence electrons. The van der Waals surface area contributed by atoms with Gasteiger partial charge in [0.25, 0.3) is 0 Å². The van der Waals surface area contributed by atoms with Crippen LogP contribution in [0.15, 0.2) is 42.5 Å². The number of carbonyl (C=O) groups excluding carboxylic acids is 1. The second-order valence-electron chi connectivity index (χ2n) is 8.45. The number of halogens is 2. The quantitative estimate of drug-likeness (QED) is 0.441. The number of nitrogens with two attached hydrogens (primary N) is 1. The first kappa shape index (κ1) is 25.4. The van der Waals surface area contributed by atoms with Gasteiger partial charge in [0, 0.05) is 50.4 Å². The van der Waals surface area contributed by atoms with Crippen LogP contribution in [0.5, 0.6) is 11.5 Å². The van der Waals surface area contributed by atoms with E-state index in [1.54, 1.807) is 24.3 Å². The highest BCUT2D eigenvalue weighted by atomic mass is 35.5. The third-order valence-corrected chi connectivity index (χ3v) is 6.07. The molecule has 2 aromatic rings. The van der Waals surface area contributed by atoms with Gasteiger partial charge in [-0.25, -0.2) is 4.39 Å². The number of amides is 1. The van der Waals surface area contributed by atoms with Crippen LogP contribution in [0, 0.1) is 11.7 Å². The lowest BCUT2D eigenvalue weighted by molar-refractivity contribution is -0.121. The fourth-order valence-electron chi connectivity index (χ4n) is 4.08. The molecule has 1 amide bonds. The minimum absolute atomic E-state index is 0.00693. The Kier molecular flexibility index (Phi) is 9.94. The normalized spacial score (nSPS) is 16.2. The first-order valence-electron chi connectivity index (χ1n) is 11.5. The number of benzene rings is 2. The predicted octanol–water partition coefficient (Wildman–Crippen LogP) is 4.57. The van der Waals surface area contributed by atoms with Crippen LogP contribution in [-0.2, 0) is 9.53 Å². The van der Waals surface area contributed by atoms with E-state index in [1.807, 2.05) is 25.1 Å². The van der Waals surface area contributed by atoms with Crippen LogP contribution >= 0.6 is 11.6 Å². The van der Waals surface area contributed by atoms with Crippen LogP contribution in [0.2, 0.25) is 5.02 Å². The van der Waals surface area contributed by atoms with E-state index in [4.69, 9.17) is 26.8 Å². The minimum atomic E-state index is -0.490. The molecule has 1 aliphatic rings. The highest BCUT2D eigenvalue weighted by Gasteiger charge is 2.27. The number of hydrogen-bond donors (Lipinski definition) is 3. The molecule has 1 saturated heterocycles. The van der Waals surface area contributed by atoms with Crippen molar-refractivity contribution in [1.29, 1.82) is 0 Å². The Hall–Kier alpha value is -2.19. The summed E-state index contributed by atoms with van der Waals surface area (Å²) in [5, 5.41) is 6.46. The van der Waals surface area contributed by atoms with E-state index in [-0.39, 0.29) is 35.2 Å². The molecule has 0 spiro atoms. The lowest BCUT2D eigenvalue weighted by Crippen LogP contribution is -2.38. The van der Waals surface area contributed by atoms with Crippen molar-refractivity contribution in [3.05, 3.63) is 58.9 Å². The average Bonchev–Trinajstić information content (AvgIpc) is 2.81. The van der Waals surface area contributed by atoms with E-state index >= 15 is 4.39 Å². The van der Waals surface area contributed by atoms with E-state index in [0.717, 1.165) is 19.3 Å². The van der Waals surface area contributed by atoms with Gasteiger partial charge in [0.05, 0.1) is 5.02 Å². The molecule has 2 atom stereocenters. The number of nitrogens with one attached hydrogen (secondary N) is 2. The van der Waals surface area contributed by atoms with E-state index in [9.17, 15) is 4.79 Å². The van der Waals surface area contributed by atoms with Gasteiger partial charge in [0.15, 0.2) is 11.6 Å². The Morgan fingerprint density at radius 2 is 1.97 bits per heavy atom. The Morgan fingerprint density at radius 1 is 1.24 bits per heavy atom. The second kappa shape index (κ2) is 12.9. The summed E-state index contributed by atoms with van der Waals surface area (Å²) in [7, 11) is 0. The molecule has 0 aromatic heterocycles. The van der Waals surface area contributed by atoms with E-state index < -0.39 is 5.82 Å². The molecule has 0 bridgehead atoms. The van der Waals surface area contributed by atoms with E-state index in [1.165, 1.54) is 0 Å². The highest BCUT2D eigenvalue weighted by molar-refractivity contribution is 6.32. The SMILES string of the molecule is C[C@@H](CC(=O)NCCN)N[C@H](CC1CCOCC1)c1ccc(Cl)c(Oc2ccccc2)c1F. The zero-order valence-electron chi connectivity index (χ0n) is 19.0. The Balaban J connectivity index is 1.82. The van der Waals surface area contributed by atoms with Crippen molar-refractivity contribution < 1.29 is 18.7 Å². The lowest BCUT2D eigenvalue weighted by atomic mass is 9.88. The molecule has 33 heavy (non-hydrogen) atoms. The highest BCUT2D eigenvalue weighted by Crippen LogP contribution is 2.38. The molecule has 0 saturated carbocycles. The summed E-state index contributed by atoms with van der Waals surface area (Å²) in [6.07, 6.45) is 2.84. The number of ether oxygens (including phenoxy) is 2. The topological polar surface area (TPSA) is 85.6 Å². The molecule has 8 heteroatoms. The monoisotopic (exact) mass is 477 g/mol. The molecule has 0 unspecified atom stereocenters. The van der Waals surface area contributed by atoms with Gasteiger partial charge in [0.2, 0.25) is 5.91 Å². The van der Waals surface area contributed by atoms with Crippen LogP contribution < -0.4 is 21.1 Å². The van der Waals surface area contributed by atoms with Gasteiger partial charge in [-0.15, -0.1) is 0 Å². The Morgan fingerprint density at radius 3 is 2.67 bits per heavy atom. The number of rotatable bonds is 11. The molecule has 4 N–H and O–H groups in total. The second-order valence-corrected chi connectivity index (χ2v) is 8.86. The summed E-state index contributed by atoms with van der Waals surface area (Å²) in [5.74, 6) is 0.329. The number of hydrogen-bond acceptors (Lipinski definition) is 5. The van der Waals surface area contributed by atoms with Gasteiger partial charge < -0.3 is 25.8 Å². The van der Waals surface area contributed by atoms with Crippen molar-refractivity contribution >= 4 is 17.5 Å². The maximum atomic E-state index is 15.7. The smallest absolute Gasteiger partial charge is 0.221 e. The third kappa shape index (κ3) is 7.67. The van der Waals surface area contributed by atoms with Crippen molar-refractivity contribution in [3.8, 4) is 11.5 Å². The van der Waals surface area contributed by atoms with Gasteiger partial charge in [-0.05, 0) is 50.3 Å². The average molecular weight is 478 g/mol. The van der Waals surface area contributed by atoms with Crippen LogP contribution in [0.25, 0.3) is 0 Å². The van der Waals surface area contributed by atoms with Crippen molar-refractivity contribution in [2.24, 2.45) is 11.7 Å². The van der Waals surface area contributed by atoms with Crippen molar-refractivity contribution in [2.45, 2.75) is 44.7 Å². The summed E-state index contributed by atoms with van der Waals surface area (Å²) < 4.78 is 27.0. The van der Waals surface area contributed by atoms with Gasteiger partial charge in [-0.2, -0.15) is 0 Å². The number of carbonyl (C=O) groups is 1. The Bertz CT molecular complexity index is 894. The summed E-state index contributed by atoms with van der Waals surface area (Å²) in [4.78, 5) is 12.2. The zero-order chi connectivity index (χ0) is 23.6. The van der Waals surface area contributed by atoms with Crippen molar-refractivity contribution in [3.63, 3.8) is 0 Å². The first-order valence-corrected chi connectivity index (χ1v) is 11.9. The lowest BCUT2D eigenvalue weighted by Gasteiger charge is -2.30. The van der Waals surface area contributed by atoms with E-state index in [2.05, 4.69) is 10.6 Å². The molecule has 6 nitrogen and oxygen atoms in total. The molecule has 1 aliphatic heterocycles. The summed E-state index contributed by atoms with van der Waals surface area (Å²) in [5.41, 5.74) is 5.94. The fourth-order valence-corrected chi connectivity index (χ4v) is 4.27. The van der Waals surface area contributed by atoms with E-state index in [0.29, 0.717) is 43.5 Å². The van der Waals surface area contributed by atoms with Crippen LogP contribution in [0.4, 0.5) is 4.39 Å². The van der Waals surface area contributed by atoms with Gasteiger partial charge in [0.1, 0.15) is 5.75 Å². The molecule has 0 radical (unpaired) electrons. The standard InChI is InChI=1S/C25H33ClFN3O3/c1-17(15-23(31)29-12-11-28)30-22(16-18-9-13-32-14-10-18)20-7-8-21(26)25(24(20)27)33-19-5-3-2-4-6-19/h2-8,17-18,22,30H,9-16,28H2,1H3,(H,29,31)/t17-,22+/m0/s1. The molecule has 1 heterocycles. The van der Waals surface area contributed by atoms with Crippen LogP contribution in [0.3, 0.4) is 0 Å². The summed E-state index contributed by atoms with van der Waals surface area (Å²) in [6, 6.07) is 11.9. The molecule has 1 fully saturated rings. The minimum Gasteiger partial charge on any atom is -0.453 e. The molecule has 2 aromatic carbocycles. The first-order chi connectivity index (χ1) is 16.0. The molecular formula is C25H33ClFN3O3. The van der Waals surface area contributed by atoms with Gasteiger partial charge >= 0.3 is 0 Å². The third-order valence-electron chi connectivity index (χ3n) is 5.77. The Labute approximate surface area is 200 Å².